The van der Waals surface area contributed by atoms with Gasteiger partial charge in [-0.05, 0) is 17.7 Å². The van der Waals surface area contributed by atoms with Crippen molar-refractivity contribution in [3.8, 4) is 0 Å². The summed E-state index contributed by atoms with van der Waals surface area (Å²) in [6, 6.07) is -0.380. The van der Waals surface area contributed by atoms with E-state index in [-0.39, 0.29) is 18.0 Å². The molecule has 0 aliphatic carbocycles. The Balaban J connectivity index is 0.00000225. The highest BCUT2D eigenvalue weighted by Gasteiger charge is 2.61. The Morgan fingerprint density at radius 1 is 1.06 bits per heavy atom. The SMILES string of the molecule is Cl.N[C@@H](c1ccncc1)C(F)(F)C(F)(F)F. The van der Waals surface area contributed by atoms with E-state index in [4.69, 9.17) is 5.73 Å². The molecule has 0 aliphatic rings. The molecule has 92 valence electrons. The first kappa shape index (κ1) is 15.0. The summed E-state index contributed by atoms with van der Waals surface area (Å²) in [7, 11) is 0. The molecule has 1 rings (SSSR count). The molecule has 0 bridgehead atoms. The maximum absolute atomic E-state index is 12.7. The maximum atomic E-state index is 12.7. The van der Waals surface area contributed by atoms with E-state index in [9.17, 15) is 22.0 Å². The topological polar surface area (TPSA) is 38.9 Å². The molecule has 0 fully saturated rings. The summed E-state index contributed by atoms with van der Waals surface area (Å²) in [6.45, 7) is 0. The smallest absolute Gasteiger partial charge is 0.319 e. The van der Waals surface area contributed by atoms with E-state index in [1.165, 1.54) is 0 Å². The number of alkyl halides is 5. The minimum Gasteiger partial charge on any atom is -0.319 e. The van der Waals surface area contributed by atoms with Crippen molar-refractivity contribution < 1.29 is 22.0 Å². The number of aromatic nitrogens is 1. The van der Waals surface area contributed by atoms with Gasteiger partial charge < -0.3 is 5.73 Å². The van der Waals surface area contributed by atoms with Crippen LogP contribution in [0.5, 0.6) is 0 Å². The van der Waals surface area contributed by atoms with Crippen LogP contribution in [0.25, 0.3) is 0 Å². The summed E-state index contributed by atoms with van der Waals surface area (Å²) in [5.74, 6) is -4.95. The van der Waals surface area contributed by atoms with Gasteiger partial charge in [-0.25, -0.2) is 0 Å². The van der Waals surface area contributed by atoms with E-state index in [0.717, 1.165) is 24.5 Å². The van der Waals surface area contributed by atoms with E-state index in [0.29, 0.717) is 0 Å². The molecule has 16 heavy (non-hydrogen) atoms. The van der Waals surface area contributed by atoms with Gasteiger partial charge in [0.05, 0.1) is 0 Å². The zero-order chi connectivity index (χ0) is 11.7. The lowest BCUT2D eigenvalue weighted by Gasteiger charge is -2.25. The van der Waals surface area contributed by atoms with Gasteiger partial charge in [0, 0.05) is 12.4 Å². The molecule has 1 heterocycles. The first-order valence-electron chi connectivity index (χ1n) is 3.87. The lowest BCUT2D eigenvalue weighted by Crippen LogP contribution is -2.45. The second kappa shape index (κ2) is 4.92. The molecule has 8 heteroatoms. The van der Waals surface area contributed by atoms with Crippen LogP contribution in [-0.4, -0.2) is 17.1 Å². The molecular weight excluding hydrogens is 255 g/mol. The van der Waals surface area contributed by atoms with Crippen LogP contribution in [0.15, 0.2) is 24.5 Å². The van der Waals surface area contributed by atoms with Crippen molar-refractivity contribution in [1.82, 2.24) is 4.98 Å². The fourth-order valence-corrected chi connectivity index (χ4v) is 0.956. The third-order valence-corrected chi connectivity index (χ3v) is 1.83. The molecule has 0 spiro atoms. The monoisotopic (exact) mass is 262 g/mol. The number of pyridine rings is 1. The highest BCUT2D eigenvalue weighted by atomic mass is 35.5. The van der Waals surface area contributed by atoms with Crippen LogP contribution in [0.3, 0.4) is 0 Å². The number of hydrogen-bond donors (Lipinski definition) is 1. The van der Waals surface area contributed by atoms with Crippen LogP contribution < -0.4 is 5.73 Å². The van der Waals surface area contributed by atoms with Crippen molar-refractivity contribution in [3.63, 3.8) is 0 Å². The molecule has 0 aromatic carbocycles. The molecule has 0 unspecified atom stereocenters. The quantitative estimate of drug-likeness (QED) is 0.833. The van der Waals surface area contributed by atoms with Crippen molar-refractivity contribution in [2.45, 2.75) is 18.1 Å². The Kier molecular flexibility index (Phi) is 4.63. The molecule has 1 atom stereocenters. The highest BCUT2D eigenvalue weighted by molar-refractivity contribution is 5.85. The third-order valence-electron chi connectivity index (χ3n) is 1.83. The second-order valence-corrected chi connectivity index (χ2v) is 2.88. The molecule has 0 radical (unpaired) electrons. The molecule has 2 nitrogen and oxygen atoms in total. The van der Waals surface area contributed by atoms with Crippen molar-refractivity contribution in [2.75, 3.05) is 0 Å². The minimum absolute atomic E-state index is 0. The summed E-state index contributed by atoms with van der Waals surface area (Å²) in [5.41, 5.74) is 4.55. The summed E-state index contributed by atoms with van der Waals surface area (Å²) in [5, 5.41) is 0. The van der Waals surface area contributed by atoms with E-state index < -0.39 is 18.1 Å². The fraction of sp³-hybridized carbons (Fsp3) is 0.375. The molecule has 0 aliphatic heterocycles. The van der Waals surface area contributed by atoms with Crippen molar-refractivity contribution in [2.24, 2.45) is 5.73 Å². The van der Waals surface area contributed by atoms with Crippen LogP contribution in [-0.2, 0) is 0 Å². The molecule has 2 N–H and O–H groups in total. The van der Waals surface area contributed by atoms with Gasteiger partial charge in [0.1, 0.15) is 6.04 Å². The Morgan fingerprint density at radius 2 is 1.50 bits per heavy atom. The normalized spacial score (nSPS) is 14.1. The summed E-state index contributed by atoms with van der Waals surface area (Å²) >= 11 is 0. The maximum Gasteiger partial charge on any atom is 0.455 e. The Bertz CT molecular complexity index is 327. The molecule has 1 aromatic heterocycles. The molecule has 1 aromatic rings. The number of nitrogens with zero attached hydrogens (tertiary/aromatic N) is 1. The van der Waals surface area contributed by atoms with Crippen molar-refractivity contribution >= 4 is 12.4 Å². The molecular formula is C8H8ClF5N2. The van der Waals surface area contributed by atoms with Gasteiger partial charge in [-0.2, -0.15) is 22.0 Å². The van der Waals surface area contributed by atoms with Gasteiger partial charge in [0.25, 0.3) is 0 Å². The average molecular weight is 263 g/mol. The Labute approximate surface area is 94.1 Å². The largest absolute Gasteiger partial charge is 0.455 e. The lowest BCUT2D eigenvalue weighted by atomic mass is 10.0. The zero-order valence-electron chi connectivity index (χ0n) is 7.71. The van der Waals surface area contributed by atoms with Crippen LogP contribution in [0, 0.1) is 0 Å². The van der Waals surface area contributed by atoms with Gasteiger partial charge in [0.15, 0.2) is 0 Å². The van der Waals surface area contributed by atoms with Crippen molar-refractivity contribution in [1.29, 1.82) is 0 Å². The molecule has 0 amide bonds. The zero-order valence-corrected chi connectivity index (χ0v) is 8.53. The second-order valence-electron chi connectivity index (χ2n) is 2.88. The minimum atomic E-state index is -5.66. The van der Waals surface area contributed by atoms with Gasteiger partial charge in [-0.3, -0.25) is 4.98 Å². The summed E-state index contributed by atoms with van der Waals surface area (Å²) in [6.07, 6.45) is -3.46. The van der Waals surface area contributed by atoms with Gasteiger partial charge >= 0.3 is 12.1 Å². The van der Waals surface area contributed by atoms with E-state index in [1.807, 2.05) is 0 Å². The fourth-order valence-electron chi connectivity index (χ4n) is 0.956. The third kappa shape index (κ3) is 2.79. The van der Waals surface area contributed by atoms with Crippen LogP contribution in [0.4, 0.5) is 22.0 Å². The Hall–Kier alpha value is -0.950. The predicted molar refractivity (Wildman–Crippen MR) is 49.4 cm³/mol. The van der Waals surface area contributed by atoms with E-state index >= 15 is 0 Å². The standard InChI is InChI=1S/C8H7F5N2.ClH/c9-7(10,8(11,12)13)6(14)5-1-3-15-4-2-5;/h1-4,6H,14H2;1H/t6-;/m0./s1. The van der Waals surface area contributed by atoms with Gasteiger partial charge in [-0.1, -0.05) is 0 Å². The van der Waals surface area contributed by atoms with Crippen LogP contribution in [0.1, 0.15) is 11.6 Å². The molecule has 0 saturated heterocycles. The summed E-state index contributed by atoms with van der Waals surface area (Å²) < 4.78 is 61.3. The summed E-state index contributed by atoms with van der Waals surface area (Å²) in [4.78, 5) is 3.49. The average Bonchev–Trinajstić information content (AvgIpc) is 2.16. The molecule has 0 saturated carbocycles. The van der Waals surface area contributed by atoms with Crippen molar-refractivity contribution in [3.05, 3.63) is 30.1 Å². The number of nitrogens with two attached hydrogens (primary N) is 1. The highest BCUT2D eigenvalue weighted by Crippen LogP contribution is 2.42. The first-order valence-corrected chi connectivity index (χ1v) is 3.87. The van der Waals surface area contributed by atoms with Crippen LogP contribution in [0.2, 0.25) is 0 Å². The van der Waals surface area contributed by atoms with Gasteiger partial charge in [-0.15, -0.1) is 12.4 Å². The predicted octanol–water partition coefficient (Wildman–Crippen LogP) is 2.70. The number of rotatable bonds is 2. The Morgan fingerprint density at radius 3 is 1.88 bits per heavy atom. The number of hydrogen-bond acceptors (Lipinski definition) is 2. The van der Waals surface area contributed by atoms with E-state index in [1.54, 1.807) is 0 Å². The van der Waals surface area contributed by atoms with Crippen LogP contribution >= 0.6 is 12.4 Å². The van der Waals surface area contributed by atoms with Gasteiger partial charge in [0.2, 0.25) is 0 Å². The lowest BCUT2D eigenvalue weighted by molar-refractivity contribution is -0.291. The van der Waals surface area contributed by atoms with E-state index in [2.05, 4.69) is 4.98 Å². The number of halogens is 6. The first-order chi connectivity index (χ1) is 6.77.